The lowest BCUT2D eigenvalue weighted by Gasteiger charge is -1.96. The predicted molar refractivity (Wildman–Crippen MR) is 102 cm³/mol. The number of carboxylic acid groups (broad SMARTS) is 4. The van der Waals surface area contributed by atoms with Crippen LogP contribution in [0.5, 0.6) is 0 Å². The lowest BCUT2D eigenvalue weighted by molar-refractivity contribution is -0.283. The molecule has 2 unspecified atom stereocenters. The van der Waals surface area contributed by atoms with E-state index >= 15 is 0 Å². The Balaban J connectivity index is -0.0000000393. The van der Waals surface area contributed by atoms with Gasteiger partial charge in [-0.15, -0.1) is 0 Å². The van der Waals surface area contributed by atoms with Gasteiger partial charge in [0.15, 0.2) is 0 Å². The Labute approximate surface area is 192 Å². The van der Waals surface area contributed by atoms with Gasteiger partial charge in [-0.1, -0.05) is 0 Å². The van der Waals surface area contributed by atoms with Crippen molar-refractivity contribution < 1.29 is 95.5 Å². The second kappa shape index (κ2) is 52.1. The van der Waals surface area contributed by atoms with Crippen molar-refractivity contribution in [2.45, 2.75) is 38.3 Å². The zero-order valence-corrected chi connectivity index (χ0v) is 18.1. The van der Waals surface area contributed by atoms with E-state index in [2.05, 4.69) is 0 Å². The minimum atomic E-state index is -1.23. The van der Waals surface area contributed by atoms with Gasteiger partial charge in [0.25, 0.3) is 6.47 Å². The molecule has 34 heavy (non-hydrogen) atoms. The summed E-state index contributed by atoms with van der Waals surface area (Å²) in [7, 11) is 0. The van der Waals surface area contributed by atoms with Crippen molar-refractivity contribution in [2.24, 2.45) is 0 Å². The fourth-order valence-corrected chi connectivity index (χ4v) is 0.115. The largest absolute Gasteiger partial charge is 0.554 e. The average Bonchev–Trinajstić information content (AvgIpc) is 2.75. The molecule has 19 heteroatoms. The van der Waals surface area contributed by atoms with Crippen molar-refractivity contribution in [3.63, 3.8) is 0 Å². The monoisotopic (exact) mass is 517 g/mol. The molecule has 0 saturated heterocycles. The minimum absolute atomic E-state index is 0. The van der Waals surface area contributed by atoms with Crippen LogP contribution in [-0.2, 0) is 28.8 Å². The Bertz CT molecular complexity index is 391. The third-order valence-electron chi connectivity index (χ3n) is 1.56. The van der Waals surface area contributed by atoms with Gasteiger partial charge in [-0.05, 0) is 13.8 Å². The van der Waals surface area contributed by atoms with Gasteiger partial charge in [-0.3, -0.25) is 4.79 Å². The van der Waals surface area contributed by atoms with Gasteiger partial charge in [0.05, 0.1) is 26.4 Å². The van der Waals surface area contributed by atoms with Crippen LogP contribution < -0.4 is 5.11 Å². The molecular formula is C15H33O19-. The van der Waals surface area contributed by atoms with Gasteiger partial charge in [0, 0.05) is 6.47 Å². The molecule has 19 nitrogen and oxygen atoms in total. The Morgan fingerprint density at radius 1 is 0.765 bits per heavy atom. The molecule has 0 aromatic heterocycles. The minimum Gasteiger partial charge on any atom is -0.554 e. The van der Waals surface area contributed by atoms with Crippen LogP contribution in [0.1, 0.15) is 13.8 Å². The maximum atomic E-state index is 9.45. The summed E-state index contributed by atoms with van der Waals surface area (Å²) in [5, 5.41) is 94.7. The van der Waals surface area contributed by atoms with E-state index in [9.17, 15) is 9.59 Å². The molecule has 13 N–H and O–H groups in total. The van der Waals surface area contributed by atoms with Gasteiger partial charge >= 0.3 is 18.1 Å². The van der Waals surface area contributed by atoms with Crippen molar-refractivity contribution in [1.82, 2.24) is 0 Å². The fraction of sp³-hybridized carbons (Fsp3) is 0.667. The van der Waals surface area contributed by atoms with Crippen molar-refractivity contribution in [1.29, 1.82) is 0 Å². The lowest BCUT2D eigenvalue weighted by Crippen LogP contribution is -2.15. The van der Waals surface area contributed by atoms with E-state index < -0.39 is 42.8 Å². The highest BCUT2D eigenvalue weighted by atomic mass is 16.4. The first-order valence-corrected chi connectivity index (χ1v) is 7.89. The van der Waals surface area contributed by atoms with Crippen molar-refractivity contribution in [2.75, 3.05) is 26.4 Å². The first kappa shape index (κ1) is 52.7. The first-order chi connectivity index (χ1) is 15.1. The number of carbonyl (C=O) groups excluding carboxylic acids is 3. The van der Waals surface area contributed by atoms with Gasteiger partial charge in [-0.25, -0.2) is 9.59 Å². The number of rotatable bonds is 6. The van der Waals surface area contributed by atoms with Gasteiger partial charge in [0.1, 0.15) is 24.4 Å². The number of aliphatic carboxylic acids is 2. The number of aliphatic hydroxyl groups is 8. The topological polar surface area (TPSA) is 380 Å². The molecule has 0 amide bonds. The van der Waals surface area contributed by atoms with E-state index in [1.54, 1.807) is 0 Å². The van der Waals surface area contributed by atoms with Crippen LogP contribution in [0.4, 0.5) is 0 Å². The zero-order chi connectivity index (χ0) is 28.4. The molecule has 0 bridgehead atoms. The summed E-state index contributed by atoms with van der Waals surface area (Å²) in [6.07, 6.45) is -4.12. The molecule has 0 heterocycles. The molecular weight excluding hydrogens is 484 g/mol. The van der Waals surface area contributed by atoms with E-state index in [-0.39, 0.29) is 44.5 Å². The molecule has 0 aliphatic rings. The van der Waals surface area contributed by atoms with Gasteiger partial charge < -0.3 is 71.5 Å². The van der Waals surface area contributed by atoms with E-state index in [1.807, 2.05) is 0 Å². The molecule has 0 spiro atoms. The van der Waals surface area contributed by atoms with E-state index in [4.69, 9.17) is 80.5 Å². The second-order valence-electron chi connectivity index (χ2n) is 4.35. The summed E-state index contributed by atoms with van der Waals surface area (Å²) in [5.41, 5.74) is 0. The van der Waals surface area contributed by atoms with Crippen molar-refractivity contribution >= 4 is 31.0 Å². The molecule has 0 aliphatic carbocycles. The zero-order valence-electron chi connectivity index (χ0n) is 18.1. The summed E-state index contributed by atoms with van der Waals surface area (Å²) in [5.74, 6) is -2.37. The standard InChI is InChI=1S/2C3H8O3.2C3H6O3.2CH2O2.CO2.H2O/c2*4-1-3(6)2-5;2*1-2(4)3(5)6;3*2-1-3;/h2*3-6H,1-2H2;2*2,4H,1H3,(H,5,6);2*1H,(H,2,3);;1H2/p-1. The highest BCUT2D eigenvalue weighted by molar-refractivity contribution is 5.71. The Kier molecular flexibility index (Phi) is 80.7. The maximum absolute atomic E-state index is 9.45. The quantitative estimate of drug-likeness (QED) is 0.146. The van der Waals surface area contributed by atoms with Crippen LogP contribution in [-0.4, -0.2) is 144 Å². The van der Waals surface area contributed by atoms with E-state index in [0.29, 0.717) is 0 Å². The molecule has 2 atom stereocenters. The van der Waals surface area contributed by atoms with Crippen molar-refractivity contribution in [3.05, 3.63) is 0 Å². The molecule has 0 aromatic carbocycles. The van der Waals surface area contributed by atoms with E-state index in [1.165, 1.54) is 13.8 Å². The molecule has 0 aliphatic heterocycles. The number of carboxylic acids is 2. The Morgan fingerprint density at radius 3 is 0.853 bits per heavy atom. The van der Waals surface area contributed by atoms with Crippen molar-refractivity contribution in [3.8, 4) is 0 Å². The smallest absolute Gasteiger partial charge is 0.373 e. The van der Waals surface area contributed by atoms with Gasteiger partial charge in [0.2, 0.25) is 0 Å². The summed E-state index contributed by atoms with van der Waals surface area (Å²) < 4.78 is 0. The molecule has 208 valence electrons. The number of aliphatic hydroxyl groups excluding tert-OH is 8. The van der Waals surface area contributed by atoms with Crippen LogP contribution >= 0.6 is 0 Å². The number of hydrogen-bond donors (Lipinski definition) is 11. The normalized spacial score (nSPS) is 9.29. The SMILES string of the molecule is CC(O)C(=O)O.CC(O)C(=O)O.O.O=C=O.O=CO.O=C[O-].OCC(O)CO.OCC(O)CO. The average molecular weight is 517 g/mol. The predicted octanol–water partition coefficient (Wildman–Crippen LogP) is -7.77. The van der Waals surface area contributed by atoms with Crippen LogP contribution in [0.2, 0.25) is 0 Å². The Morgan fingerprint density at radius 2 is 0.853 bits per heavy atom. The molecule has 0 aromatic rings. The molecule has 0 fully saturated rings. The van der Waals surface area contributed by atoms with E-state index in [0.717, 1.165) is 0 Å². The first-order valence-electron chi connectivity index (χ1n) is 7.89. The van der Waals surface area contributed by atoms with Gasteiger partial charge in [-0.2, -0.15) is 9.59 Å². The maximum Gasteiger partial charge on any atom is 0.373 e. The van der Waals surface area contributed by atoms with Crippen LogP contribution in [0.25, 0.3) is 0 Å². The fourth-order valence-electron chi connectivity index (χ4n) is 0.115. The Hall–Kier alpha value is -3.10. The summed E-state index contributed by atoms with van der Waals surface area (Å²) >= 11 is 0. The molecule has 0 rings (SSSR count). The second-order valence-corrected chi connectivity index (χ2v) is 4.35. The summed E-state index contributed by atoms with van der Waals surface area (Å²) in [6, 6.07) is 0. The molecule has 0 saturated carbocycles. The third kappa shape index (κ3) is 135. The lowest BCUT2D eigenvalue weighted by atomic mass is 10.4. The molecule has 0 radical (unpaired) electrons. The van der Waals surface area contributed by atoms with Crippen LogP contribution in [0.15, 0.2) is 0 Å². The highest BCUT2D eigenvalue weighted by Crippen LogP contribution is 1.74. The number of carbonyl (C=O) groups is 4. The van der Waals surface area contributed by atoms with Crippen LogP contribution in [0.3, 0.4) is 0 Å². The number of hydrogen-bond acceptors (Lipinski definition) is 15. The third-order valence-corrected chi connectivity index (χ3v) is 1.56. The van der Waals surface area contributed by atoms with Crippen LogP contribution in [0, 0.1) is 0 Å². The highest BCUT2D eigenvalue weighted by Gasteiger charge is 2.02. The summed E-state index contributed by atoms with van der Waals surface area (Å²) in [4.78, 5) is 51.8. The summed E-state index contributed by atoms with van der Waals surface area (Å²) in [6.45, 7) is 0.185.